The number of hydrogen-bond donors (Lipinski definition) is 0. The highest BCUT2D eigenvalue weighted by Crippen LogP contribution is 2.13. The Morgan fingerprint density at radius 1 is 1.24 bits per heavy atom. The van der Waals surface area contributed by atoms with Gasteiger partial charge in [-0.2, -0.15) is 0 Å². The predicted molar refractivity (Wildman–Crippen MR) is 71.9 cm³/mol. The standard InChI is InChI=1S/C14H20N2O/c1-4-13(10-15(2)12-17)11-16(3)14-8-6-5-7-9-14/h5-9,11-12H,4,10H2,1-3H3/b13-11+. The lowest BCUT2D eigenvalue weighted by Crippen LogP contribution is -2.20. The fourth-order valence-electron chi connectivity index (χ4n) is 1.61. The number of carbonyl (C=O) groups is 1. The van der Waals surface area contributed by atoms with E-state index in [9.17, 15) is 4.79 Å². The molecule has 0 bridgehead atoms. The zero-order valence-corrected chi connectivity index (χ0v) is 10.8. The Kier molecular flexibility index (Phi) is 5.27. The Labute approximate surface area is 103 Å². The second-order valence-corrected chi connectivity index (χ2v) is 4.11. The molecule has 0 aliphatic heterocycles. The molecule has 0 saturated heterocycles. The third-order valence-corrected chi connectivity index (χ3v) is 2.63. The number of anilines is 1. The molecule has 0 heterocycles. The van der Waals surface area contributed by atoms with Gasteiger partial charge in [-0.1, -0.05) is 25.1 Å². The van der Waals surface area contributed by atoms with Crippen LogP contribution in [0.2, 0.25) is 0 Å². The first-order chi connectivity index (χ1) is 8.17. The number of likely N-dealkylation sites (N-methyl/N-ethyl adjacent to an activating group) is 1. The lowest BCUT2D eigenvalue weighted by molar-refractivity contribution is -0.116. The van der Waals surface area contributed by atoms with Gasteiger partial charge in [0, 0.05) is 32.5 Å². The zero-order valence-electron chi connectivity index (χ0n) is 10.8. The van der Waals surface area contributed by atoms with Crippen LogP contribution < -0.4 is 4.90 Å². The third-order valence-electron chi connectivity index (χ3n) is 2.63. The molecule has 0 aromatic heterocycles. The second-order valence-electron chi connectivity index (χ2n) is 4.11. The minimum atomic E-state index is 0.678. The van der Waals surface area contributed by atoms with Crippen molar-refractivity contribution in [1.82, 2.24) is 4.90 Å². The Hall–Kier alpha value is -1.77. The van der Waals surface area contributed by atoms with Crippen LogP contribution in [-0.4, -0.2) is 32.0 Å². The van der Waals surface area contributed by atoms with Crippen LogP contribution in [0.4, 0.5) is 5.69 Å². The highest BCUT2D eigenvalue weighted by Gasteiger charge is 2.02. The van der Waals surface area contributed by atoms with Gasteiger partial charge in [0.1, 0.15) is 0 Å². The molecule has 0 saturated carbocycles. The molecule has 0 radical (unpaired) electrons. The number of nitrogens with zero attached hydrogens (tertiary/aromatic N) is 2. The van der Waals surface area contributed by atoms with Gasteiger partial charge in [0.15, 0.2) is 0 Å². The fourth-order valence-corrected chi connectivity index (χ4v) is 1.61. The summed E-state index contributed by atoms with van der Waals surface area (Å²) in [6.07, 6.45) is 3.89. The molecule has 0 unspecified atom stereocenters. The smallest absolute Gasteiger partial charge is 0.209 e. The Morgan fingerprint density at radius 2 is 1.88 bits per heavy atom. The van der Waals surface area contributed by atoms with Crippen molar-refractivity contribution in [1.29, 1.82) is 0 Å². The van der Waals surface area contributed by atoms with E-state index in [0.29, 0.717) is 6.54 Å². The summed E-state index contributed by atoms with van der Waals surface area (Å²) in [6.45, 7) is 2.78. The van der Waals surface area contributed by atoms with Gasteiger partial charge in [-0.05, 0) is 24.1 Å². The van der Waals surface area contributed by atoms with E-state index in [1.54, 1.807) is 11.9 Å². The van der Waals surface area contributed by atoms with Crippen molar-refractivity contribution in [2.75, 3.05) is 25.5 Å². The molecule has 0 N–H and O–H groups in total. The van der Waals surface area contributed by atoms with Crippen molar-refractivity contribution in [3.8, 4) is 0 Å². The first-order valence-electron chi connectivity index (χ1n) is 5.80. The van der Waals surface area contributed by atoms with E-state index < -0.39 is 0 Å². The molecule has 1 aromatic rings. The third kappa shape index (κ3) is 4.31. The van der Waals surface area contributed by atoms with Crippen molar-refractivity contribution >= 4 is 12.1 Å². The number of para-hydroxylation sites is 1. The van der Waals surface area contributed by atoms with Crippen LogP contribution in [-0.2, 0) is 4.79 Å². The summed E-state index contributed by atoms with van der Waals surface area (Å²) < 4.78 is 0. The second kappa shape index (κ2) is 6.74. The number of amides is 1. The van der Waals surface area contributed by atoms with Crippen LogP contribution in [0.15, 0.2) is 42.1 Å². The average Bonchev–Trinajstić information content (AvgIpc) is 2.38. The molecule has 1 amide bonds. The molecule has 0 fully saturated rings. The molecule has 17 heavy (non-hydrogen) atoms. The Balaban J connectivity index is 2.74. The monoisotopic (exact) mass is 232 g/mol. The van der Waals surface area contributed by atoms with Crippen LogP contribution >= 0.6 is 0 Å². The topological polar surface area (TPSA) is 23.6 Å². The molecule has 0 aliphatic carbocycles. The van der Waals surface area contributed by atoms with Gasteiger partial charge >= 0.3 is 0 Å². The maximum Gasteiger partial charge on any atom is 0.209 e. The summed E-state index contributed by atoms with van der Waals surface area (Å²) in [5.41, 5.74) is 2.37. The first-order valence-corrected chi connectivity index (χ1v) is 5.80. The van der Waals surface area contributed by atoms with Gasteiger partial charge in [0.25, 0.3) is 0 Å². The summed E-state index contributed by atoms with van der Waals surface area (Å²) in [7, 11) is 3.81. The molecule has 3 heteroatoms. The number of hydrogen-bond acceptors (Lipinski definition) is 2. The van der Waals surface area contributed by atoms with Gasteiger partial charge in [0.2, 0.25) is 6.41 Å². The van der Waals surface area contributed by atoms with E-state index >= 15 is 0 Å². The molecule has 0 atom stereocenters. The maximum absolute atomic E-state index is 10.6. The number of carbonyl (C=O) groups excluding carboxylic acids is 1. The summed E-state index contributed by atoms with van der Waals surface area (Å²) in [5.74, 6) is 0. The van der Waals surface area contributed by atoms with Crippen LogP contribution in [0.3, 0.4) is 0 Å². The largest absolute Gasteiger partial charge is 0.351 e. The van der Waals surface area contributed by atoms with Crippen LogP contribution in [0.25, 0.3) is 0 Å². The van der Waals surface area contributed by atoms with E-state index in [-0.39, 0.29) is 0 Å². The molecule has 3 nitrogen and oxygen atoms in total. The normalized spacial score (nSPS) is 11.1. The van der Waals surface area contributed by atoms with Crippen LogP contribution in [0, 0.1) is 0 Å². The van der Waals surface area contributed by atoms with Crippen molar-refractivity contribution < 1.29 is 4.79 Å². The highest BCUT2D eigenvalue weighted by atomic mass is 16.1. The first kappa shape index (κ1) is 13.3. The minimum Gasteiger partial charge on any atom is -0.351 e. The van der Waals surface area contributed by atoms with Crippen molar-refractivity contribution in [3.05, 3.63) is 42.1 Å². The van der Waals surface area contributed by atoms with Gasteiger partial charge in [-0.15, -0.1) is 0 Å². The SMILES string of the molecule is CC/C(=C\N(C)c1ccccc1)CN(C)C=O. The Bertz CT molecular complexity index is 373. The van der Waals surface area contributed by atoms with E-state index in [2.05, 4.69) is 30.2 Å². The zero-order chi connectivity index (χ0) is 12.7. The average molecular weight is 232 g/mol. The quantitative estimate of drug-likeness (QED) is 0.704. The number of benzene rings is 1. The molecular weight excluding hydrogens is 212 g/mol. The van der Waals surface area contributed by atoms with Gasteiger partial charge in [-0.3, -0.25) is 4.79 Å². The molecule has 92 valence electrons. The van der Waals surface area contributed by atoms with Crippen molar-refractivity contribution in [3.63, 3.8) is 0 Å². The summed E-state index contributed by atoms with van der Waals surface area (Å²) in [6, 6.07) is 10.2. The van der Waals surface area contributed by atoms with Crippen LogP contribution in [0.1, 0.15) is 13.3 Å². The molecule has 0 spiro atoms. The van der Waals surface area contributed by atoms with Gasteiger partial charge in [-0.25, -0.2) is 0 Å². The van der Waals surface area contributed by atoms with Crippen LogP contribution in [0.5, 0.6) is 0 Å². The van der Waals surface area contributed by atoms with Crippen molar-refractivity contribution in [2.45, 2.75) is 13.3 Å². The highest BCUT2D eigenvalue weighted by molar-refractivity contribution is 5.50. The van der Waals surface area contributed by atoms with E-state index in [0.717, 1.165) is 18.5 Å². The van der Waals surface area contributed by atoms with E-state index in [1.807, 2.05) is 25.2 Å². The molecular formula is C14H20N2O. The molecule has 1 rings (SSSR count). The lowest BCUT2D eigenvalue weighted by Gasteiger charge is -2.18. The Morgan fingerprint density at radius 3 is 2.41 bits per heavy atom. The van der Waals surface area contributed by atoms with E-state index in [1.165, 1.54) is 5.57 Å². The molecule has 0 aliphatic rings. The maximum atomic E-state index is 10.6. The van der Waals surface area contributed by atoms with Gasteiger partial charge in [0.05, 0.1) is 0 Å². The summed E-state index contributed by atoms with van der Waals surface area (Å²) >= 11 is 0. The lowest BCUT2D eigenvalue weighted by atomic mass is 10.2. The van der Waals surface area contributed by atoms with E-state index in [4.69, 9.17) is 0 Å². The minimum absolute atomic E-state index is 0.678. The predicted octanol–water partition coefficient (Wildman–Crippen LogP) is 2.50. The van der Waals surface area contributed by atoms with Crippen molar-refractivity contribution in [2.24, 2.45) is 0 Å². The molecule has 1 aromatic carbocycles. The summed E-state index contributed by atoms with van der Waals surface area (Å²) in [5, 5.41) is 0. The summed E-state index contributed by atoms with van der Waals surface area (Å²) in [4.78, 5) is 14.3. The van der Waals surface area contributed by atoms with Gasteiger partial charge < -0.3 is 9.80 Å². The fraction of sp³-hybridized carbons (Fsp3) is 0.357. The number of rotatable bonds is 6.